The van der Waals surface area contributed by atoms with Crippen LogP contribution < -0.4 is 4.74 Å². The summed E-state index contributed by atoms with van der Waals surface area (Å²) in [7, 11) is 0. The second-order valence-corrected chi connectivity index (χ2v) is 8.93. The first-order valence-electron chi connectivity index (χ1n) is 10.8. The van der Waals surface area contributed by atoms with E-state index in [-0.39, 0.29) is 34.0 Å². The Morgan fingerprint density at radius 1 is 1.03 bits per heavy atom. The van der Waals surface area contributed by atoms with Crippen molar-refractivity contribution in [2.75, 3.05) is 0 Å². The first-order chi connectivity index (χ1) is 16.6. The summed E-state index contributed by atoms with van der Waals surface area (Å²) in [5, 5.41) is 10.9. The number of hydrogen-bond donors (Lipinski definition) is 0. The Hall–Kier alpha value is -4.59. The van der Waals surface area contributed by atoms with Crippen molar-refractivity contribution in [3.05, 3.63) is 111 Å². The van der Waals surface area contributed by atoms with E-state index in [0.29, 0.717) is 11.1 Å². The van der Waals surface area contributed by atoms with Gasteiger partial charge in [-0.2, -0.15) is 0 Å². The minimum atomic E-state index is -0.717. The van der Waals surface area contributed by atoms with Crippen molar-refractivity contribution in [1.82, 2.24) is 0 Å². The summed E-state index contributed by atoms with van der Waals surface area (Å²) in [6.07, 6.45) is 1.57. The average Bonchev–Trinajstić information content (AvgIpc) is 3.20. The molecular weight excluding hydrogens is 448 g/mol. The van der Waals surface area contributed by atoms with Gasteiger partial charge in [-0.25, -0.2) is 14.6 Å². The number of benzene rings is 3. The van der Waals surface area contributed by atoms with Gasteiger partial charge < -0.3 is 9.47 Å². The molecule has 8 heteroatoms. The Morgan fingerprint density at radius 3 is 2.34 bits per heavy atom. The monoisotopic (exact) mass is 470 g/mol. The zero-order valence-corrected chi connectivity index (χ0v) is 19.3. The van der Waals surface area contributed by atoms with Crippen LogP contribution in [0.25, 0.3) is 6.08 Å². The molecule has 0 fully saturated rings. The number of non-ortho nitro benzene ring substituents is 1. The molecule has 0 saturated heterocycles. The molecule has 1 aliphatic rings. The molecular formula is C27H22N2O6. The number of carbonyl (C=O) groups is 2. The first kappa shape index (κ1) is 23.6. The Morgan fingerprint density at radius 2 is 1.71 bits per heavy atom. The van der Waals surface area contributed by atoms with Crippen molar-refractivity contribution >= 4 is 29.6 Å². The maximum absolute atomic E-state index is 12.3. The number of nitro groups is 1. The highest BCUT2D eigenvalue weighted by atomic mass is 16.6. The molecule has 0 aromatic heterocycles. The third-order valence-electron chi connectivity index (χ3n) is 5.31. The van der Waals surface area contributed by atoms with Crippen molar-refractivity contribution in [2.45, 2.75) is 26.2 Å². The minimum Gasteiger partial charge on any atom is -0.423 e. The SMILES string of the molecule is CC(C)(C)c1ccc(C2=NC(=Cc3ccc(OC(=O)c4cccc([N+](=O)[O-])c4)cc3)C(=O)O2)cc1. The van der Waals surface area contributed by atoms with Crippen LogP contribution in [0, 0.1) is 10.1 Å². The average molecular weight is 470 g/mol. The molecule has 3 aromatic carbocycles. The van der Waals surface area contributed by atoms with E-state index in [9.17, 15) is 19.7 Å². The number of cyclic esters (lactones) is 1. The Kier molecular flexibility index (Phi) is 6.29. The molecule has 0 bridgehead atoms. The van der Waals surface area contributed by atoms with Crippen molar-refractivity contribution in [2.24, 2.45) is 4.99 Å². The highest BCUT2D eigenvalue weighted by Gasteiger charge is 2.24. The molecule has 35 heavy (non-hydrogen) atoms. The van der Waals surface area contributed by atoms with Crippen molar-refractivity contribution in [1.29, 1.82) is 0 Å². The molecule has 0 aliphatic carbocycles. The van der Waals surface area contributed by atoms with E-state index in [1.54, 1.807) is 30.3 Å². The largest absolute Gasteiger partial charge is 0.423 e. The summed E-state index contributed by atoms with van der Waals surface area (Å²) < 4.78 is 10.6. The number of nitrogens with zero attached hydrogens (tertiary/aromatic N) is 2. The molecule has 0 amide bonds. The van der Waals surface area contributed by atoms with Gasteiger partial charge in [0, 0.05) is 17.7 Å². The van der Waals surface area contributed by atoms with E-state index in [1.807, 2.05) is 24.3 Å². The van der Waals surface area contributed by atoms with Crippen LogP contribution >= 0.6 is 0 Å². The maximum atomic E-state index is 12.3. The van der Waals surface area contributed by atoms with Crippen LogP contribution in [0.2, 0.25) is 0 Å². The maximum Gasteiger partial charge on any atom is 0.363 e. The quantitative estimate of drug-likeness (QED) is 0.161. The van der Waals surface area contributed by atoms with Crippen LogP contribution in [0.15, 0.2) is 83.5 Å². The van der Waals surface area contributed by atoms with Gasteiger partial charge in [-0.15, -0.1) is 0 Å². The molecule has 0 saturated carbocycles. The summed E-state index contributed by atoms with van der Waals surface area (Å²) in [5.74, 6) is -0.781. The van der Waals surface area contributed by atoms with Crippen LogP contribution in [0.5, 0.6) is 5.75 Å². The van der Waals surface area contributed by atoms with E-state index in [4.69, 9.17) is 9.47 Å². The number of ether oxygens (including phenoxy) is 2. The fraction of sp³-hybridized carbons (Fsp3) is 0.148. The fourth-order valence-electron chi connectivity index (χ4n) is 3.35. The fourth-order valence-corrected chi connectivity index (χ4v) is 3.35. The molecule has 176 valence electrons. The Bertz CT molecular complexity index is 1360. The molecule has 0 N–H and O–H groups in total. The lowest BCUT2D eigenvalue weighted by atomic mass is 9.87. The summed E-state index contributed by atoms with van der Waals surface area (Å²) in [5.41, 5.74) is 2.55. The van der Waals surface area contributed by atoms with E-state index in [2.05, 4.69) is 25.8 Å². The summed E-state index contributed by atoms with van der Waals surface area (Å²) >= 11 is 0. The van der Waals surface area contributed by atoms with Crippen LogP contribution in [0.3, 0.4) is 0 Å². The van der Waals surface area contributed by atoms with Crippen LogP contribution in [0.1, 0.15) is 47.8 Å². The van der Waals surface area contributed by atoms with Gasteiger partial charge in [0.25, 0.3) is 5.69 Å². The molecule has 1 heterocycles. The minimum absolute atomic E-state index is 0.0112. The van der Waals surface area contributed by atoms with E-state index in [1.165, 1.54) is 18.2 Å². The van der Waals surface area contributed by atoms with E-state index >= 15 is 0 Å². The first-order valence-corrected chi connectivity index (χ1v) is 10.8. The van der Waals surface area contributed by atoms with Gasteiger partial charge >= 0.3 is 11.9 Å². The van der Waals surface area contributed by atoms with Crippen LogP contribution in [-0.4, -0.2) is 22.8 Å². The molecule has 4 rings (SSSR count). The van der Waals surface area contributed by atoms with Crippen molar-refractivity contribution < 1.29 is 24.0 Å². The normalized spacial score (nSPS) is 14.4. The van der Waals surface area contributed by atoms with Gasteiger partial charge in [0.1, 0.15) is 5.75 Å². The number of rotatable bonds is 5. The van der Waals surface area contributed by atoms with Gasteiger partial charge in [-0.05, 0) is 52.9 Å². The summed E-state index contributed by atoms with van der Waals surface area (Å²) in [6, 6.07) is 19.4. The standard InChI is InChI=1S/C27H22N2O6/c1-27(2,3)20-11-9-18(10-12-20)24-28-23(26(31)35-24)15-17-7-13-22(14-8-17)34-25(30)19-5-4-6-21(16-19)29(32)33/h4-16H,1-3H3. The molecule has 3 aromatic rings. The predicted octanol–water partition coefficient (Wildman–Crippen LogP) is 5.46. The molecule has 0 unspecified atom stereocenters. The van der Waals surface area contributed by atoms with Crippen LogP contribution in [0.4, 0.5) is 5.69 Å². The number of carbonyl (C=O) groups excluding carboxylic acids is 2. The molecule has 0 radical (unpaired) electrons. The summed E-state index contributed by atoms with van der Waals surface area (Å²) in [6.45, 7) is 6.36. The topological polar surface area (TPSA) is 108 Å². The Balaban J connectivity index is 1.47. The van der Waals surface area contributed by atoms with Gasteiger partial charge in [0.2, 0.25) is 5.90 Å². The highest BCUT2D eigenvalue weighted by Crippen LogP contribution is 2.25. The lowest BCUT2D eigenvalue weighted by Crippen LogP contribution is -2.11. The lowest BCUT2D eigenvalue weighted by Gasteiger charge is -2.18. The lowest BCUT2D eigenvalue weighted by molar-refractivity contribution is -0.384. The third kappa shape index (κ3) is 5.50. The third-order valence-corrected chi connectivity index (χ3v) is 5.31. The number of aliphatic imine (C=N–C) groups is 1. The second kappa shape index (κ2) is 9.34. The zero-order valence-electron chi connectivity index (χ0n) is 19.3. The highest BCUT2D eigenvalue weighted by molar-refractivity contribution is 6.12. The van der Waals surface area contributed by atoms with Crippen LogP contribution in [-0.2, 0) is 14.9 Å². The van der Waals surface area contributed by atoms with Crippen molar-refractivity contribution in [3.63, 3.8) is 0 Å². The number of nitro benzene ring substituents is 1. The smallest absolute Gasteiger partial charge is 0.363 e. The zero-order chi connectivity index (χ0) is 25.2. The number of esters is 2. The van der Waals surface area contributed by atoms with E-state index in [0.717, 1.165) is 11.6 Å². The predicted molar refractivity (Wildman–Crippen MR) is 130 cm³/mol. The van der Waals surface area contributed by atoms with Gasteiger partial charge in [0.05, 0.1) is 10.5 Å². The molecule has 1 aliphatic heterocycles. The molecule has 8 nitrogen and oxygen atoms in total. The van der Waals surface area contributed by atoms with Gasteiger partial charge in [-0.1, -0.05) is 51.1 Å². The number of hydrogen-bond acceptors (Lipinski definition) is 7. The molecule has 0 spiro atoms. The van der Waals surface area contributed by atoms with Crippen molar-refractivity contribution in [3.8, 4) is 5.75 Å². The van der Waals surface area contributed by atoms with Gasteiger partial charge in [0.15, 0.2) is 5.70 Å². The summed E-state index contributed by atoms with van der Waals surface area (Å²) in [4.78, 5) is 39.3. The van der Waals surface area contributed by atoms with Gasteiger partial charge in [-0.3, -0.25) is 10.1 Å². The second-order valence-electron chi connectivity index (χ2n) is 8.93. The molecule has 0 atom stereocenters. The Labute approximate surface area is 201 Å². The van der Waals surface area contributed by atoms with E-state index < -0.39 is 16.9 Å².